The molecular weight excluding hydrogens is 304 g/mol. The van der Waals surface area contributed by atoms with Crippen molar-refractivity contribution in [3.8, 4) is 0 Å². The summed E-state index contributed by atoms with van der Waals surface area (Å²) in [4.78, 5) is 3.69. The zero-order valence-electron chi connectivity index (χ0n) is 13.9. The molecule has 0 fully saturated rings. The third-order valence-electron chi connectivity index (χ3n) is 5.52. The molecule has 2 heterocycles. The molecule has 0 aliphatic rings. The monoisotopic (exact) mass is 320 g/mol. The minimum atomic E-state index is 1.19. The van der Waals surface area contributed by atoms with Crippen LogP contribution < -0.4 is 0 Å². The van der Waals surface area contributed by atoms with Crippen LogP contribution in [0.2, 0.25) is 0 Å². The van der Waals surface area contributed by atoms with Crippen LogP contribution in [-0.4, -0.2) is 9.55 Å². The van der Waals surface area contributed by atoms with Crippen LogP contribution in [0.1, 0.15) is 0 Å². The first-order valence-electron chi connectivity index (χ1n) is 8.63. The molecule has 0 bridgehead atoms. The fourth-order valence-corrected chi connectivity index (χ4v) is 4.48. The van der Waals surface area contributed by atoms with Gasteiger partial charge in [-0.1, -0.05) is 60.7 Å². The van der Waals surface area contributed by atoms with Gasteiger partial charge in [-0.05, 0) is 22.9 Å². The molecule has 2 aromatic heterocycles. The molecule has 0 atom stereocenters. The van der Waals surface area contributed by atoms with Crippen LogP contribution in [0.4, 0.5) is 0 Å². The summed E-state index contributed by atoms with van der Waals surface area (Å²) in [5.74, 6) is 0. The van der Waals surface area contributed by atoms with E-state index in [0.29, 0.717) is 0 Å². The van der Waals surface area contributed by atoms with E-state index in [9.17, 15) is 0 Å². The Kier molecular flexibility index (Phi) is 2.31. The van der Waals surface area contributed by atoms with Gasteiger partial charge in [-0.3, -0.25) is 0 Å². The van der Waals surface area contributed by atoms with Crippen molar-refractivity contribution < 1.29 is 0 Å². The minimum Gasteiger partial charge on any atom is -0.353 e. The van der Waals surface area contributed by atoms with E-state index in [1.54, 1.807) is 0 Å². The quantitative estimate of drug-likeness (QED) is 0.348. The fraction of sp³-hybridized carbons (Fsp3) is 0.0435. The number of fused-ring (bicyclic) bond motifs is 10. The van der Waals surface area contributed by atoms with Gasteiger partial charge in [0.1, 0.15) is 0 Å². The van der Waals surface area contributed by atoms with Gasteiger partial charge in [-0.15, -0.1) is 0 Å². The number of rotatable bonds is 0. The van der Waals surface area contributed by atoms with E-state index < -0.39 is 0 Å². The number of H-pyrrole nitrogens is 1. The molecule has 2 heteroatoms. The second-order valence-electron chi connectivity index (χ2n) is 6.77. The van der Waals surface area contributed by atoms with Crippen molar-refractivity contribution in [3.63, 3.8) is 0 Å². The fourth-order valence-electron chi connectivity index (χ4n) is 4.48. The van der Waals surface area contributed by atoms with Crippen LogP contribution in [0.15, 0.2) is 72.8 Å². The number of hydrogen-bond donors (Lipinski definition) is 1. The van der Waals surface area contributed by atoms with E-state index in [0.717, 1.165) is 0 Å². The van der Waals surface area contributed by atoms with Gasteiger partial charge in [0.05, 0.1) is 11.0 Å². The number of benzene rings is 4. The number of nitrogens with zero attached hydrogens (tertiary/aromatic N) is 1. The summed E-state index contributed by atoms with van der Waals surface area (Å²) in [6.45, 7) is 0. The summed E-state index contributed by atoms with van der Waals surface area (Å²) in [7, 11) is 2.17. The average Bonchev–Trinajstić information content (AvgIpc) is 3.19. The molecule has 25 heavy (non-hydrogen) atoms. The van der Waals surface area contributed by atoms with Crippen molar-refractivity contribution in [1.82, 2.24) is 9.55 Å². The number of hydrogen-bond acceptors (Lipinski definition) is 0. The minimum absolute atomic E-state index is 1.19. The Labute approximate surface area is 144 Å². The largest absolute Gasteiger partial charge is 0.353 e. The standard InChI is InChI=1S/C23H16N2/c1-25-19-13-7-5-11-17(19)21-15-9-3-2-8-14(15)20-16-10-4-6-12-18(16)24-22(20)23(21)25/h2-13,24H,1H3. The molecular formula is C23H16N2. The molecule has 4 aromatic carbocycles. The third-order valence-corrected chi connectivity index (χ3v) is 5.52. The van der Waals surface area contributed by atoms with E-state index in [1.165, 1.54) is 54.4 Å². The highest BCUT2D eigenvalue weighted by Gasteiger charge is 2.18. The second kappa shape index (κ2) is 4.42. The first kappa shape index (κ1) is 13.1. The Hall–Kier alpha value is -3.26. The highest BCUT2D eigenvalue weighted by atomic mass is 15.0. The van der Waals surface area contributed by atoms with Gasteiger partial charge >= 0.3 is 0 Å². The predicted octanol–water partition coefficient (Wildman–Crippen LogP) is 6.12. The highest BCUT2D eigenvalue weighted by molar-refractivity contribution is 6.35. The lowest BCUT2D eigenvalue weighted by molar-refractivity contribution is 1.02. The molecule has 0 saturated carbocycles. The van der Waals surface area contributed by atoms with Gasteiger partial charge < -0.3 is 9.55 Å². The lowest BCUT2D eigenvalue weighted by Crippen LogP contribution is -1.88. The number of aromatic nitrogens is 2. The zero-order valence-corrected chi connectivity index (χ0v) is 13.9. The Balaban J connectivity index is 2.10. The van der Waals surface area contributed by atoms with Gasteiger partial charge in [0.15, 0.2) is 0 Å². The molecule has 0 radical (unpaired) electrons. The van der Waals surface area contributed by atoms with Crippen LogP contribution in [0, 0.1) is 0 Å². The first-order chi connectivity index (χ1) is 12.3. The molecule has 6 aromatic rings. The molecule has 0 saturated heterocycles. The smallest absolute Gasteiger partial charge is 0.0740 e. The van der Waals surface area contributed by atoms with Crippen LogP contribution in [0.5, 0.6) is 0 Å². The molecule has 6 rings (SSSR count). The van der Waals surface area contributed by atoms with Crippen LogP contribution in [0.3, 0.4) is 0 Å². The van der Waals surface area contributed by atoms with Crippen molar-refractivity contribution in [1.29, 1.82) is 0 Å². The summed E-state index contributed by atoms with van der Waals surface area (Å²) >= 11 is 0. The zero-order chi connectivity index (χ0) is 16.5. The van der Waals surface area contributed by atoms with Gasteiger partial charge in [0, 0.05) is 39.6 Å². The Morgan fingerprint density at radius 3 is 2.04 bits per heavy atom. The number of aryl methyl sites for hydroxylation is 1. The molecule has 0 amide bonds. The van der Waals surface area contributed by atoms with Crippen LogP contribution >= 0.6 is 0 Å². The Morgan fingerprint density at radius 1 is 0.640 bits per heavy atom. The van der Waals surface area contributed by atoms with Crippen LogP contribution in [0.25, 0.3) is 54.4 Å². The summed E-state index contributed by atoms with van der Waals surface area (Å²) in [5.41, 5.74) is 4.98. The normalized spacial score (nSPS) is 12.2. The van der Waals surface area contributed by atoms with Crippen molar-refractivity contribution in [2.24, 2.45) is 7.05 Å². The van der Waals surface area contributed by atoms with E-state index >= 15 is 0 Å². The lowest BCUT2D eigenvalue weighted by Gasteiger charge is -2.06. The Morgan fingerprint density at radius 2 is 1.24 bits per heavy atom. The number of nitrogens with one attached hydrogen (secondary N) is 1. The molecule has 0 unspecified atom stereocenters. The van der Waals surface area contributed by atoms with Gasteiger partial charge in [-0.2, -0.15) is 0 Å². The predicted molar refractivity (Wildman–Crippen MR) is 107 cm³/mol. The molecule has 0 spiro atoms. The van der Waals surface area contributed by atoms with E-state index in [1.807, 2.05) is 0 Å². The molecule has 2 nitrogen and oxygen atoms in total. The third kappa shape index (κ3) is 1.50. The second-order valence-corrected chi connectivity index (χ2v) is 6.77. The van der Waals surface area contributed by atoms with E-state index in [4.69, 9.17) is 0 Å². The topological polar surface area (TPSA) is 20.7 Å². The highest BCUT2D eigenvalue weighted by Crippen LogP contribution is 2.42. The Bertz CT molecular complexity index is 1450. The van der Waals surface area contributed by atoms with Gasteiger partial charge in [0.2, 0.25) is 0 Å². The summed E-state index contributed by atoms with van der Waals surface area (Å²) in [6.07, 6.45) is 0. The van der Waals surface area contributed by atoms with Crippen molar-refractivity contribution in [3.05, 3.63) is 72.8 Å². The number of para-hydroxylation sites is 2. The maximum absolute atomic E-state index is 3.69. The van der Waals surface area contributed by atoms with Crippen LogP contribution in [-0.2, 0) is 7.05 Å². The first-order valence-corrected chi connectivity index (χ1v) is 8.63. The molecule has 1 N–H and O–H groups in total. The SMILES string of the molecule is Cn1c2ccccc2c2c3ccccc3c3c4ccccc4[nH]c3c21. The van der Waals surface area contributed by atoms with Gasteiger partial charge in [-0.25, -0.2) is 0 Å². The average molecular weight is 320 g/mol. The maximum atomic E-state index is 3.69. The van der Waals surface area contributed by atoms with Crippen molar-refractivity contribution in [2.75, 3.05) is 0 Å². The molecule has 118 valence electrons. The van der Waals surface area contributed by atoms with Gasteiger partial charge in [0.25, 0.3) is 0 Å². The van der Waals surface area contributed by atoms with Crippen molar-refractivity contribution in [2.45, 2.75) is 0 Å². The molecule has 0 aliphatic heterocycles. The summed E-state index contributed by atoms with van der Waals surface area (Å²) < 4.78 is 2.33. The van der Waals surface area contributed by atoms with Crippen molar-refractivity contribution >= 4 is 54.4 Å². The van der Waals surface area contributed by atoms with E-state index in [2.05, 4.69) is 89.4 Å². The van der Waals surface area contributed by atoms with E-state index in [-0.39, 0.29) is 0 Å². The summed E-state index contributed by atoms with van der Waals surface area (Å²) in [5, 5.41) is 7.92. The molecule has 0 aliphatic carbocycles. The maximum Gasteiger partial charge on any atom is 0.0740 e. The summed E-state index contributed by atoms with van der Waals surface area (Å²) in [6, 6.07) is 26.1. The lowest BCUT2D eigenvalue weighted by atomic mass is 9.99. The number of aromatic amines is 1.